The Morgan fingerprint density at radius 1 is 1.57 bits per heavy atom. The number of hydrogen-bond acceptors (Lipinski definition) is 1. The first-order chi connectivity index (χ1) is 3.27. The zero-order chi connectivity index (χ0) is 5.70. The fourth-order valence-corrected chi connectivity index (χ4v) is 0.957. The molecule has 0 unspecified atom stereocenters. The summed E-state index contributed by atoms with van der Waals surface area (Å²) in [5.74, 6) is 3.09. The minimum Gasteiger partial charge on any atom is -0.162 e. The zero-order valence-corrected chi connectivity index (χ0v) is 5.92. The van der Waals surface area contributed by atoms with Gasteiger partial charge in [-0.25, -0.2) is 0 Å². The zero-order valence-electron chi connectivity index (χ0n) is 5.11. The molecule has 0 saturated carbocycles. The Bertz CT molecular complexity index is 33.2. The molecule has 43 valence electrons. The molecule has 0 rings (SSSR count). The van der Waals surface area contributed by atoms with Crippen LogP contribution in [0.2, 0.25) is 0 Å². The summed E-state index contributed by atoms with van der Waals surface area (Å²) in [6.45, 7) is 8.17. The Kier molecular flexibility index (Phi) is 4.73. The van der Waals surface area contributed by atoms with Crippen LogP contribution in [-0.4, -0.2) is 11.5 Å². The summed E-state index contributed by atoms with van der Waals surface area (Å²) in [5, 5.41) is 0. The fourth-order valence-electron chi connectivity index (χ4n) is 0.319. The van der Waals surface area contributed by atoms with Crippen LogP contribution in [0.3, 0.4) is 0 Å². The molecule has 0 spiro atoms. The van der Waals surface area contributed by atoms with E-state index in [1.54, 1.807) is 0 Å². The Labute approximate surface area is 50.7 Å². The molecule has 7 heavy (non-hydrogen) atoms. The van der Waals surface area contributed by atoms with Crippen molar-refractivity contribution in [2.45, 2.75) is 13.8 Å². The van der Waals surface area contributed by atoms with Crippen molar-refractivity contribution < 1.29 is 0 Å². The second-order valence-electron chi connectivity index (χ2n) is 1.97. The molecule has 0 nitrogen and oxygen atoms in total. The van der Waals surface area contributed by atoms with E-state index in [1.165, 1.54) is 5.75 Å². The molecule has 0 saturated heterocycles. The van der Waals surface area contributed by atoms with Crippen LogP contribution in [0.4, 0.5) is 0 Å². The summed E-state index contributed by atoms with van der Waals surface area (Å²) < 4.78 is 0. The van der Waals surface area contributed by atoms with Crippen LogP contribution in [0.5, 0.6) is 0 Å². The van der Waals surface area contributed by atoms with E-state index in [0.717, 1.165) is 11.7 Å². The van der Waals surface area contributed by atoms with Gasteiger partial charge in [0.1, 0.15) is 0 Å². The third-order valence-corrected chi connectivity index (χ3v) is 1.79. The van der Waals surface area contributed by atoms with E-state index >= 15 is 0 Å². The van der Waals surface area contributed by atoms with E-state index in [0.29, 0.717) is 0 Å². The van der Waals surface area contributed by atoms with Gasteiger partial charge in [0, 0.05) is 0 Å². The minimum absolute atomic E-state index is 0.826. The second-order valence-corrected chi connectivity index (χ2v) is 3.12. The number of thioether (sulfide) groups is 1. The van der Waals surface area contributed by atoms with Gasteiger partial charge in [0.15, 0.2) is 0 Å². The third kappa shape index (κ3) is 6.35. The van der Waals surface area contributed by atoms with Gasteiger partial charge in [0.05, 0.1) is 0 Å². The first-order valence-corrected chi connectivity index (χ1v) is 3.79. The van der Waals surface area contributed by atoms with Crippen LogP contribution in [0.1, 0.15) is 13.8 Å². The minimum atomic E-state index is 0.826. The van der Waals surface area contributed by atoms with E-state index in [4.69, 9.17) is 0 Å². The molecule has 0 aliphatic rings. The molecule has 0 aliphatic carbocycles. The highest BCUT2D eigenvalue weighted by Gasteiger charge is 1.88. The van der Waals surface area contributed by atoms with Gasteiger partial charge in [0.25, 0.3) is 0 Å². The Balaban J connectivity index is 2.68. The van der Waals surface area contributed by atoms with E-state index in [1.807, 2.05) is 11.8 Å². The normalized spacial score (nSPS) is 10.3. The Hall–Kier alpha value is 0.350. The van der Waals surface area contributed by atoms with E-state index in [2.05, 4.69) is 20.8 Å². The van der Waals surface area contributed by atoms with E-state index < -0.39 is 0 Å². The maximum absolute atomic E-state index is 3.72. The third-order valence-electron chi connectivity index (χ3n) is 0.596. The lowest BCUT2D eigenvalue weighted by Gasteiger charge is -1.98. The van der Waals surface area contributed by atoms with Crippen LogP contribution in [0.25, 0.3) is 0 Å². The molecule has 0 fully saturated rings. The van der Waals surface area contributed by atoms with Gasteiger partial charge in [-0.05, 0) is 24.3 Å². The monoisotopic (exact) mass is 117 g/mol. The summed E-state index contributed by atoms with van der Waals surface area (Å²) in [6.07, 6.45) is 0. The average Bonchev–Trinajstić information content (AvgIpc) is 1.61. The first-order valence-electron chi connectivity index (χ1n) is 2.64. The van der Waals surface area contributed by atoms with Crippen LogP contribution in [0, 0.1) is 12.8 Å². The van der Waals surface area contributed by atoms with Gasteiger partial charge in [-0.3, -0.25) is 0 Å². The second kappa shape index (κ2) is 4.51. The highest BCUT2D eigenvalue weighted by molar-refractivity contribution is 7.99. The highest BCUT2D eigenvalue weighted by atomic mass is 32.2. The van der Waals surface area contributed by atoms with Crippen molar-refractivity contribution in [3.05, 3.63) is 6.92 Å². The van der Waals surface area contributed by atoms with Crippen LogP contribution < -0.4 is 0 Å². The molecule has 0 heterocycles. The fraction of sp³-hybridized carbons (Fsp3) is 0.833. The lowest BCUT2D eigenvalue weighted by molar-refractivity contribution is 0.751. The standard InChI is InChI=1S/C6H13S/c1-4-7-5-6(2)3/h6H,1,4-5H2,2-3H3. The van der Waals surface area contributed by atoms with Crippen molar-refractivity contribution in [1.29, 1.82) is 0 Å². The molecule has 0 amide bonds. The largest absolute Gasteiger partial charge is 0.162 e. The molecule has 0 aromatic heterocycles. The molecular weight excluding hydrogens is 104 g/mol. The van der Waals surface area contributed by atoms with Gasteiger partial charge in [-0.1, -0.05) is 13.8 Å². The Morgan fingerprint density at radius 2 is 2.14 bits per heavy atom. The first kappa shape index (κ1) is 7.35. The molecule has 0 aromatic carbocycles. The van der Waals surface area contributed by atoms with Crippen molar-refractivity contribution in [1.82, 2.24) is 0 Å². The van der Waals surface area contributed by atoms with Gasteiger partial charge >= 0.3 is 0 Å². The van der Waals surface area contributed by atoms with E-state index in [9.17, 15) is 0 Å². The van der Waals surface area contributed by atoms with Gasteiger partial charge in [-0.2, -0.15) is 11.8 Å². The van der Waals surface area contributed by atoms with Crippen molar-refractivity contribution in [3.63, 3.8) is 0 Å². The summed E-state index contributed by atoms with van der Waals surface area (Å²) in [4.78, 5) is 0. The molecule has 0 aliphatic heterocycles. The maximum atomic E-state index is 3.72. The van der Waals surface area contributed by atoms with Gasteiger partial charge in [-0.15, -0.1) is 0 Å². The van der Waals surface area contributed by atoms with Crippen LogP contribution in [-0.2, 0) is 0 Å². The van der Waals surface area contributed by atoms with Crippen molar-refractivity contribution in [2.24, 2.45) is 5.92 Å². The van der Waals surface area contributed by atoms with Crippen molar-refractivity contribution in [3.8, 4) is 0 Å². The van der Waals surface area contributed by atoms with Crippen LogP contribution >= 0.6 is 11.8 Å². The van der Waals surface area contributed by atoms with Gasteiger partial charge < -0.3 is 0 Å². The Morgan fingerprint density at radius 3 is 2.29 bits per heavy atom. The van der Waals surface area contributed by atoms with Gasteiger partial charge in [0.2, 0.25) is 0 Å². The molecular formula is C6H13S. The summed E-state index contributed by atoms with van der Waals surface area (Å²) >= 11 is 1.91. The predicted molar refractivity (Wildman–Crippen MR) is 37.5 cm³/mol. The van der Waals surface area contributed by atoms with Crippen LogP contribution in [0.15, 0.2) is 0 Å². The molecule has 0 aromatic rings. The summed E-state index contributed by atoms with van der Waals surface area (Å²) in [5.41, 5.74) is 0. The smallest absolute Gasteiger partial charge is 0.00444 e. The quantitative estimate of drug-likeness (QED) is 0.546. The lowest BCUT2D eigenvalue weighted by atomic mass is 10.3. The molecule has 1 radical (unpaired) electrons. The lowest BCUT2D eigenvalue weighted by Crippen LogP contribution is -1.89. The molecule has 0 atom stereocenters. The predicted octanol–water partition coefficient (Wildman–Crippen LogP) is 2.21. The summed E-state index contributed by atoms with van der Waals surface area (Å²) in [7, 11) is 0. The topological polar surface area (TPSA) is 0 Å². The highest BCUT2D eigenvalue weighted by Crippen LogP contribution is 2.04. The molecule has 0 N–H and O–H groups in total. The maximum Gasteiger partial charge on any atom is -0.00444 e. The van der Waals surface area contributed by atoms with Crippen molar-refractivity contribution >= 4 is 11.8 Å². The summed E-state index contributed by atoms with van der Waals surface area (Å²) in [6, 6.07) is 0. The van der Waals surface area contributed by atoms with Crippen molar-refractivity contribution in [2.75, 3.05) is 11.5 Å². The number of rotatable bonds is 3. The molecule has 0 bridgehead atoms. The van der Waals surface area contributed by atoms with E-state index in [-0.39, 0.29) is 0 Å². The SMILES string of the molecule is [CH2]CSCC(C)C. The average molecular weight is 117 g/mol. The molecule has 1 heteroatoms. The number of hydrogen-bond donors (Lipinski definition) is 0.